The average molecular weight is 492 g/mol. The lowest BCUT2D eigenvalue weighted by Crippen LogP contribution is -2.50. The van der Waals surface area contributed by atoms with E-state index in [-0.39, 0.29) is 23.8 Å². The van der Waals surface area contributed by atoms with Gasteiger partial charge in [-0.25, -0.2) is 4.98 Å². The highest BCUT2D eigenvalue weighted by Crippen LogP contribution is 2.29. The standard InChI is InChI=1S/C24H21ClF3N3O3/c25-19-7-3-16(4-8-19)20-15-29-21(34-20)9-10-22(32)30-11-13-31(14-12-30)23(33)17-1-5-18(6-2-17)24(26,27)28/h1-8,15H,9-14H2. The number of carbonyl (C=O) groups excluding carboxylic acids is 2. The van der Waals surface area contributed by atoms with E-state index < -0.39 is 11.7 Å². The summed E-state index contributed by atoms with van der Waals surface area (Å²) in [6.07, 6.45) is -2.28. The number of benzene rings is 2. The maximum atomic E-state index is 12.7. The SMILES string of the molecule is O=C(CCc1ncc(-c2ccc(Cl)cc2)o1)N1CCN(C(=O)c2ccc(C(F)(F)F)cc2)CC1. The Morgan fingerprint density at radius 3 is 2.18 bits per heavy atom. The fourth-order valence-corrected chi connectivity index (χ4v) is 3.81. The van der Waals surface area contributed by atoms with Crippen LogP contribution in [-0.2, 0) is 17.4 Å². The molecular formula is C24H21ClF3N3O3. The highest BCUT2D eigenvalue weighted by atomic mass is 35.5. The molecule has 0 N–H and O–H groups in total. The molecule has 0 aliphatic carbocycles. The Balaban J connectivity index is 1.26. The number of alkyl halides is 3. The second-order valence-electron chi connectivity index (χ2n) is 7.87. The lowest BCUT2D eigenvalue weighted by Gasteiger charge is -2.35. The first-order valence-corrected chi connectivity index (χ1v) is 11.0. The molecule has 34 heavy (non-hydrogen) atoms. The number of amides is 2. The Bertz CT molecular complexity index is 1150. The zero-order chi connectivity index (χ0) is 24.3. The van der Waals surface area contributed by atoms with Gasteiger partial charge in [0.25, 0.3) is 5.91 Å². The minimum absolute atomic E-state index is 0.0760. The van der Waals surface area contributed by atoms with Crippen molar-refractivity contribution in [3.05, 3.63) is 76.8 Å². The summed E-state index contributed by atoms with van der Waals surface area (Å²) < 4.78 is 43.9. The van der Waals surface area contributed by atoms with Crippen molar-refractivity contribution < 1.29 is 27.2 Å². The largest absolute Gasteiger partial charge is 0.441 e. The smallest absolute Gasteiger partial charge is 0.416 e. The van der Waals surface area contributed by atoms with Crippen LogP contribution in [0.5, 0.6) is 0 Å². The van der Waals surface area contributed by atoms with E-state index in [1.807, 2.05) is 12.1 Å². The van der Waals surface area contributed by atoms with Crippen molar-refractivity contribution in [2.45, 2.75) is 19.0 Å². The predicted molar refractivity (Wildman–Crippen MR) is 119 cm³/mol. The first-order valence-electron chi connectivity index (χ1n) is 10.7. The van der Waals surface area contributed by atoms with Crippen LogP contribution in [0.1, 0.15) is 28.2 Å². The van der Waals surface area contributed by atoms with Crippen LogP contribution in [0, 0.1) is 0 Å². The average Bonchev–Trinajstić information content (AvgIpc) is 3.31. The van der Waals surface area contributed by atoms with Gasteiger partial charge in [0, 0.05) is 55.2 Å². The van der Waals surface area contributed by atoms with E-state index in [0.29, 0.717) is 49.3 Å². The molecule has 3 aromatic rings. The summed E-state index contributed by atoms with van der Waals surface area (Å²) in [5.41, 5.74) is 0.224. The molecule has 1 fully saturated rings. The number of hydrogen-bond acceptors (Lipinski definition) is 4. The van der Waals surface area contributed by atoms with Crippen molar-refractivity contribution in [2.24, 2.45) is 0 Å². The second kappa shape index (κ2) is 9.89. The summed E-state index contributed by atoms with van der Waals surface area (Å²) in [6, 6.07) is 11.3. The molecule has 4 rings (SSSR count). The third kappa shape index (κ3) is 5.59. The zero-order valence-electron chi connectivity index (χ0n) is 18.0. The summed E-state index contributed by atoms with van der Waals surface area (Å²) in [4.78, 5) is 32.6. The number of hydrogen-bond donors (Lipinski definition) is 0. The Morgan fingerprint density at radius 2 is 1.56 bits per heavy atom. The Morgan fingerprint density at radius 1 is 0.941 bits per heavy atom. The highest BCUT2D eigenvalue weighted by molar-refractivity contribution is 6.30. The van der Waals surface area contributed by atoms with Gasteiger partial charge in [-0.2, -0.15) is 13.2 Å². The van der Waals surface area contributed by atoms with Gasteiger partial charge >= 0.3 is 6.18 Å². The maximum Gasteiger partial charge on any atom is 0.416 e. The molecule has 1 aliphatic rings. The van der Waals surface area contributed by atoms with Crippen LogP contribution in [0.3, 0.4) is 0 Å². The van der Waals surface area contributed by atoms with Gasteiger partial charge in [0.15, 0.2) is 11.7 Å². The minimum atomic E-state index is -4.45. The molecule has 0 atom stereocenters. The van der Waals surface area contributed by atoms with Gasteiger partial charge < -0.3 is 14.2 Å². The van der Waals surface area contributed by atoms with Gasteiger partial charge in [-0.1, -0.05) is 11.6 Å². The molecule has 0 bridgehead atoms. The summed E-state index contributed by atoms with van der Waals surface area (Å²) in [5, 5.41) is 0.621. The van der Waals surface area contributed by atoms with Crippen LogP contribution in [-0.4, -0.2) is 52.8 Å². The summed E-state index contributed by atoms with van der Waals surface area (Å²) >= 11 is 5.89. The first kappa shape index (κ1) is 23.8. The molecule has 10 heteroatoms. The fraction of sp³-hybridized carbons (Fsp3) is 0.292. The van der Waals surface area contributed by atoms with Crippen molar-refractivity contribution in [2.75, 3.05) is 26.2 Å². The van der Waals surface area contributed by atoms with Gasteiger partial charge in [-0.3, -0.25) is 9.59 Å². The normalized spacial score (nSPS) is 14.4. The molecule has 178 valence electrons. The Hall–Kier alpha value is -3.33. The van der Waals surface area contributed by atoms with Gasteiger partial charge in [0.1, 0.15) is 0 Å². The van der Waals surface area contributed by atoms with E-state index in [1.54, 1.807) is 28.1 Å². The number of carbonyl (C=O) groups is 2. The highest BCUT2D eigenvalue weighted by Gasteiger charge is 2.31. The molecule has 2 aromatic carbocycles. The number of aromatic nitrogens is 1. The number of nitrogens with zero attached hydrogens (tertiary/aromatic N) is 3. The Kier molecular flexibility index (Phi) is 6.92. The molecule has 2 amide bonds. The summed E-state index contributed by atoms with van der Waals surface area (Å²) in [6.45, 7) is 1.33. The molecule has 0 saturated carbocycles. The number of aryl methyl sites for hydroxylation is 1. The van der Waals surface area contributed by atoms with E-state index in [4.69, 9.17) is 16.0 Å². The predicted octanol–water partition coefficient (Wildman–Crippen LogP) is 4.93. The number of oxazole rings is 1. The van der Waals surface area contributed by atoms with E-state index in [1.165, 1.54) is 12.1 Å². The lowest BCUT2D eigenvalue weighted by molar-refractivity contribution is -0.137. The van der Waals surface area contributed by atoms with E-state index in [0.717, 1.165) is 17.7 Å². The monoisotopic (exact) mass is 491 g/mol. The summed E-state index contributed by atoms with van der Waals surface area (Å²) in [5.74, 6) is 0.618. The third-order valence-electron chi connectivity index (χ3n) is 5.61. The topological polar surface area (TPSA) is 66.7 Å². The van der Waals surface area contributed by atoms with Crippen LogP contribution in [0.25, 0.3) is 11.3 Å². The quantitative estimate of drug-likeness (QED) is 0.507. The number of piperazine rings is 1. The molecule has 1 aromatic heterocycles. The van der Waals surface area contributed by atoms with Gasteiger partial charge in [0.05, 0.1) is 11.8 Å². The molecule has 1 saturated heterocycles. The maximum absolute atomic E-state index is 12.7. The van der Waals surface area contributed by atoms with Gasteiger partial charge in [-0.05, 0) is 48.5 Å². The van der Waals surface area contributed by atoms with Gasteiger partial charge in [0.2, 0.25) is 5.91 Å². The van der Waals surface area contributed by atoms with E-state index in [2.05, 4.69) is 4.98 Å². The Labute approximate surface area is 198 Å². The van der Waals surface area contributed by atoms with E-state index >= 15 is 0 Å². The van der Waals surface area contributed by atoms with Gasteiger partial charge in [-0.15, -0.1) is 0 Å². The van der Waals surface area contributed by atoms with Crippen molar-refractivity contribution in [3.8, 4) is 11.3 Å². The van der Waals surface area contributed by atoms with Crippen LogP contribution in [0.2, 0.25) is 5.02 Å². The molecule has 1 aliphatic heterocycles. The van der Waals surface area contributed by atoms with Crippen LogP contribution in [0.15, 0.2) is 59.1 Å². The zero-order valence-corrected chi connectivity index (χ0v) is 18.8. The third-order valence-corrected chi connectivity index (χ3v) is 5.87. The van der Waals surface area contributed by atoms with Crippen LogP contribution in [0.4, 0.5) is 13.2 Å². The molecule has 0 spiro atoms. The van der Waals surface area contributed by atoms with Crippen molar-refractivity contribution in [3.63, 3.8) is 0 Å². The molecule has 2 heterocycles. The molecule has 0 radical (unpaired) electrons. The van der Waals surface area contributed by atoms with Crippen molar-refractivity contribution in [1.82, 2.24) is 14.8 Å². The fourth-order valence-electron chi connectivity index (χ4n) is 3.69. The summed E-state index contributed by atoms with van der Waals surface area (Å²) in [7, 11) is 0. The molecule has 6 nitrogen and oxygen atoms in total. The second-order valence-corrected chi connectivity index (χ2v) is 8.31. The van der Waals surface area contributed by atoms with Crippen molar-refractivity contribution in [1.29, 1.82) is 0 Å². The molecule has 0 unspecified atom stereocenters. The van der Waals surface area contributed by atoms with E-state index in [9.17, 15) is 22.8 Å². The van der Waals surface area contributed by atoms with Crippen LogP contribution >= 0.6 is 11.6 Å². The van der Waals surface area contributed by atoms with Crippen LogP contribution < -0.4 is 0 Å². The number of halogens is 4. The van der Waals surface area contributed by atoms with Crippen molar-refractivity contribution >= 4 is 23.4 Å². The lowest BCUT2D eigenvalue weighted by atomic mass is 10.1. The first-order chi connectivity index (χ1) is 16.2. The number of rotatable bonds is 5. The molecular weight excluding hydrogens is 471 g/mol. The minimum Gasteiger partial charge on any atom is -0.441 e.